The van der Waals surface area contributed by atoms with Crippen molar-refractivity contribution < 1.29 is 0 Å². The third-order valence-corrected chi connectivity index (χ3v) is 2.03. The molecule has 1 atom stereocenters. The minimum absolute atomic E-state index is 0.903. The Morgan fingerprint density at radius 1 is 1.57 bits per heavy atom. The summed E-state index contributed by atoms with van der Waals surface area (Å²) < 4.78 is 0. The quantitative estimate of drug-likeness (QED) is 0.428. The Morgan fingerprint density at radius 2 is 2.57 bits per heavy atom. The number of nitrogens with zero attached hydrogens (tertiary/aromatic N) is 1. The summed E-state index contributed by atoms with van der Waals surface area (Å²) in [5, 5.41) is 0. The van der Waals surface area contributed by atoms with E-state index in [0.717, 1.165) is 6.04 Å². The maximum absolute atomic E-state index is 2.53. The van der Waals surface area contributed by atoms with Gasteiger partial charge in [0.15, 0.2) is 0 Å². The van der Waals surface area contributed by atoms with Gasteiger partial charge in [0, 0.05) is 12.6 Å². The summed E-state index contributed by atoms with van der Waals surface area (Å²) in [6.07, 6.45) is 5.27. The first-order chi connectivity index (χ1) is 3.47. The van der Waals surface area contributed by atoms with Gasteiger partial charge in [-0.3, -0.25) is 4.90 Å². The fraction of sp³-hybridized carbons (Fsp3) is 0.833. The molecule has 2 fully saturated rings. The van der Waals surface area contributed by atoms with Crippen LogP contribution in [-0.4, -0.2) is 24.0 Å². The summed E-state index contributed by atoms with van der Waals surface area (Å²) in [5.41, 5.74) is 0. The van der Waals surface area contributed by atoms with Crippen LogP contribution in [0.4, 0.5) is 0 Å². The lowest BCUT2D eigenvalue weighted by atomic mass is 10.1. The van der Waals surface area contributed by atoms with E-state index in [1.54, 1.807) is 0 Å². The summed E-state index contributed by atoms with van der Waals surface area (Å²) in [5.74, 6) is 0. The smallest absolute Gasteiger partial charge is 0.0140 e. The van der Waals surface area contributed by atoms with Crippen molar-refractivity contribution in [3.05, 3.63) is 6.42 Å². The predicted molar refractivity (Wildman–Crippen MR) is 28.9 cm³/mol. The molecule has 2 aliphatic rings. The highest BCUT2D eigenvalue weighted by Gasteiger charge is 2.31. The van der Waals surface area contributed by atoms with Crippen molar-refractivity contribution in [3.63, 3.8) is 0 Å². The molecular formula is C6H10N. The molecule has 0 aliphatic carbocycles. The molecule has 39 valence electrons. The summed E-state index contributed by atoms with van der Waals surface area (Å²) in [7, 11) is 0. The van der Waals surface area contributed by atoms with Crippen LogP contribution >= 0.6 is 0 Å². The Labute approximate surface area is 44.3 Å². The van der Waals surface area contributed by atoms with E-state index in [4.69, 9.17) is 0 Å². The van der Waals surface area contributed by atoms with E-state index in [0.29, 0.717) is 0 Å². The topological polar surface area (TPSA) is 3.24 Å². The van der Waals surface area contributed by atoms with Crippen molar-refractivity contribution >= 4 is 0 Å². The minimum Gasteiger partial charge on any atom is -0.300 e. The van der Waals surface area contributed by atoms with Crippen LogP contribution in [0.15, 0.2) is 0 Å². The van der Waals surface area contributed by atoms with Gasteiger partial charge in [-0.1, -0.05) is 0 Å². The molecule has 2 aliphatic heterocycles. The van der Waals surface area contributed by atoms with E-state index < -0.39 is 0 Å². The minimum atomic E-state index is 0.903. The van der Waals surface area contributed by atoms with Gasteiger partial charge in [-0.15, -0.1) is 0 Å². The zero-order valence-corrected chi connectivity index (χ0v) is 4.43. The maximum atomic E-state index is 2.53. The summed E-state index contributed by atoms with van der Waals surface area (Å²) in [6, 6.07) is 0.903. The Balaban J connectivity index is 2.03. The van der Waals surface area contributed by atoms with Crippen molar-refractivity contribution in [2.24, 2.45) is 0 Å². The van der Waals surface area contributed by atoms with Crippen LogP contribution in [0.3, 0.4) is 0 Å². The van der Waals surface area contributed by atoms with Crippen LogP contribution in [0.2, 0.25) is 0 Å². The molecule has 0 amide bonds. The SMILES string of the molecule is [CH]1CN2CCCC12. The molecule has 0 aromatic heterocycles. The first-order valence-corrected chi connectivity index (χ1v) is 3.04. The molecule has 0 bridgehead atoms. The van der Waals surface area contributed by atoms with Crippen molar-refractivity contribution in [2.75, 3.05) is 13.1 Å². The van der Waals surface area contributed by atoms with Gasteiger partial charge in [-0.25, -0.2) is 0 Å². The van der Waals surface area contributed by atoms with Gasteiger partial charge in [-0.05, 0) is 25.8 Å². The van der Waals surface area contributed by atoms with Gasteiger partial charge < -0.3 is 0 Å². The van der Waals surface area contributed by atoms with Gasteiger partial charge in [0.05, 0.1) is 0 Å². The van der Waals surface area contributed by atoms with Crippen LogP contribution in [0.5, 0.6) is 0 Å². The number of fused-ring (bicyclic) bond motifs is 1. The van der Waals surface area contributed by atoms with Gasteiger partial charge in [0.2, 0.25) is 0 Å². The van der Waals surface area contributed by atoms with Crippen molar-refractivity contribution in [3.8, 4) is 0 Å². The zero-order valence-electron chi connectivity index (χ0n) is 4.43. The Kier molecular flexibility index (Phi) is 0.680. The number of hydrogen-bond donors (Lipinski definition) is 0. The number of hydrogen-bond acceptors (Lipinski definition) is 1. The Morgan fingerprint density at radius 3 is 2.86 bits per heavy atom. The highest BCUT2D eigenvalue weighted by atomic mass is 15.2. The summed E-state index contributed by atoms with van der Waals surface area (Å²) in [4.78, 5) is 2.53. The van der Waals surface area contributed by atoms with Crippen LogP contribution in [0.25, 0.3) is 0 Å². The summed E-state index contributed by atoms with van der Waals surface area (Å²) in [6.45, 7) is 2.63. The van der Waals surface area contributed by atoms with E-state index in [9.17, 15) is 0 Å². The van der Waals surface area contributed by atoms with Gasteiger partial charge in [0.1, 0.15) is 0 Å². The normalized spacial score (nSPS) is 40.3. The van der Waals surface area contributed by atoms with E-state index in [-0.39, 0.29) is 0 Å². The standard InChI is InChI=1S/C6H10N/c1-2-6-3-5-7(6)4-1/h3,6H,1-2,4-5H2. The predicted octanol–water partition coefficient (Wildman–Crippen LogP) is 0.669. The van der Waals surface area contributed by atoms with E-state index in [1.165, 1.54) is 25.9 Å². The third kappa shape index (κ3) is 0.418. The third-order valence-electron chi connectivity index (χ3n) is 2.03. The lowest BCUT2D eigenvalue weighted by Gasteiger charge is -2.33. The van der Waals surface area contributed by atoms with Crippen molar-refractivity contribution in [2.45, 2.75) is 18.9 Å². The molecule has 1 unspecified atom stereocenters. The van der Waals surface area contributed by atoms with Gasteiger partial charge in [-0.2, -0.15) is 0 Å². The molecule has 0 saturated carbocycles. The molecule has 0 spiro atoms. The monoisotopic (exact) mass is 96.1 g/mol. The van der Waals surface area contributed by atoms with Crippen molar-refractivity contribution in [1.29, 1.82) is 0 Å². The first kappa shape index (κ1) is 3.90. The fourth-order valence-corrected chi connectivity index (χ4v) is 1.46. The second-order valence-corrected chi connectivity index (χ2v) is 2.44. The Bertz CT molecular complexity index is 70.2. The molecule has 1 nitrogen and oxygen atoms in total. The molecule has 0 aromatic rings. The molecule has 2 rings (SSSR count). The van der Waals surface area contributed by atoms with Crippen LogP contribution in [-0.2, 0) is 0 Å². The highest BCUT2D eigenvalue weighted by molar-refractivity contribution is 5.01. The van der Waals surface area contributed by atoms with Crippen LogP contribution < -0.4 is 0 Å². The Hall–Kier alpha value is -0.0400. The van der Waals surface area contributed by atoms with E-state index in [1.807, 2.05) is 0 Å². The average molecular weight is 96.2 g/mol. The molecule has 1 radical (unpaired) electrons. The van der Waals surface area contributed by atoms with Gasteiger partial charge >= 0.3 is 0 Å². The lowest BCUT2D eigenvalue weighted by Crippen LogP contribution is -2.42. The molecular weight excluding hydrogens is 86.1 g/mol. The molecule has 1 heteroatoms. The molecule has 2 heterocycles. The number of rotatable bonds is 0. The molecule has 7 heavy (non-hydrogen) atoms. The molecule has 0 N–H and O–H groups in total. The molecule has 0 aromatic carbocycles. The zero-order chi connectivity index (χ0) is 4.69. The fourth-order valence-electron chi connectivity index (χ4n) is 1.46. The second kappa shape index (κ2) is 1.22. The average Bonchev–Trinajstić information content (AvgIpc) is 1.85. The molecule has 2 saturated heterocycles. The van der Waals surface area contributed by atoms with Crippen LogP contribution in [0, 0.1) is 6.42 Å². The first-order valence-electron chi connectivity index (χ1n) is 3.04. The van der Waals surface area contributed by atoms with Gasteiger partial charge in [0.25, 0.3) is 0 Å². The summed E-state index contributed by atoms with van der Waals surface area (Å²) >= 11 is 0. The van der Waals surface area contributed by atoms with E-state index in [2.05, 4.69) is 11.3 Å². The second-order valence-electron chi connectivity index (χ2n) is 2.44. The highest BCUT2D eigenvalue weighted by Crippen LogP contribution is 2.26. The lowest BCUT2D eigenvalue weighted by molar-refractivity contribution is 0.212. The maximum Gasteiger partial charge on any atom is 0.0140 e. The van der Waals surface area contributed by atoms with Crippen molar-refractivity contribution in [1.82, 2.24) is 4.90 Å². The van der Waals surface area contributed by atoms with Crippen LogP contribution in [0.1, 0.15) is 12.8 Å². The largest absolute Gasteiger partial charge is 0.300 e. The van der Waals surface area contributed by atoms with E-state index >= 15 is 0 Å².